The third-order valence-electron chi connectivity index (χ3n) is 5.06. The number of nitrogens with zero attached hydrogens (tertiary/aromatic N) is 2. The number of hydrogen-bond donors (Lipinski definition) is 1. The maximum atomic E-state index is 9.62. The Morgan fingerprint density at radius 2 is 2.06 bits per heavy atom. The summed E-state index contributed by atoms with van der Waals surface area (Å²) >= 11 is 0. The third-order valence-corrected chi connectivity index (χ3v) is 5.06. The van der Waals surface area contributed by atoms with Crippen LogP contribution in [-0.4, -0.2) is 36.1 Å². The second-order valence-corrected chi connectivity index (χ2v) is 6.59. The molecule has 3 nitrogen and oxygen atoms in total. The maximum absolute atomic E-state index is 9.62. The Bertz CT molecular complexity index is 340. The zero-order chi connectivity index (χ0) is 12.6. The van der Waals surface area contributed by atoms with Crippen molar-refractivity contribution in [1.29, 1.82) is 5.26 Å². The first-order chi connectivity index (χ1) is 8.73. The van der Waals surface area contributed by atoms with Crippen LogP contribution in [0.5, 0.6) is 0 Å². The van der Waals surface area contributed by atoms with Crippen LogP contribution in [0.2, 0.25) is 0 Å². The maximum Gasteiger partial charge on any atom is 0.109 e. The van der Waals surface area contributed by atoms with Gasteiger partial charge >= 0.3 is 0 Å². The third kappa shape index (κ3) is 2.55. The largest absolute Gasteiger partial charge is 0.303 e. The predicted octanol–water partition coefficient (Wildman–Crippen LogP) is 2.29. The lowest BCUT2D eigenvalue weighted by Crippen LogP contribution is -2.48. The van der Waals surface area contributed by atoms with Gasteiger partial charge in [-0.2, -0.15) is 5.26 Å². The molecule has 0 spiro atoms. The lowest BCUT2D eigenvalue weighted by Gasteiger charge is -2.31. The molecule has 0 bridgehead atoms. The van der Waals surface area contributed by atoms with E-state index >= 15 is 0 Å². The molecule has 0 aromatic rings. The summed E-state index contributed by atoms with van der Waals surface area (Å²) in [5, 5.41) is 13.3. The fourth-order valence-electron chi connectivity index (χ4n) is 3.49. The van der Waals surface area contributed by atoms with Gasteiger partial charge in [-0.05, 0) is 64.5 Å². The topological polar surface area (TPSA) is 39.1 Å². The average Bonchev–Trinajstić information content (AvgIpc) is 3.25. The minimum Gasteiger partial charge on any atom is -0.303 e. The van der Waals surface area contributed by atoms with E-state index in [0.29, 0.717) is 12.0 Å². The molecule has 3 heteroatoms. The van der Waals surface area contributed by atoms with E-state index in [2.05, 4.69) is 23.3 Å². The minimum absolute atomic E-state index is 0.189. The predicted molar refractivity (Wildman–Crippen MR) is 72.1 cm³/mol. The van der Waals surface area contributed by atoms with Crippen molar-refractivity contribution in [2.75, 3.05) is 13.6 Å². The van der Waals surface area contributed by atoms with Gasteiger partial charge in [0.05, 0.1) is 6.07 Å². The first-order valence-corrected chi connectivity index (χ1v) is 7.63. The highest BCUT2D eigenvalue weighted by molar-refractivity contribution is 5.16. The lowest BCUT2D eigenvalue weighted by molar-refractivity contribution is 0.243. The average molecular weight is 247 g/mol. The molecule has 3 saturated carbocycles. The second kappa shape index (κ2) is 4.83. The molecular formula is C15H25N3. The van der Waals surface area contributed by atoms with Crippen LogP contribution in [-0.2, 0) is 0 Å². The van der Waals surface area contributed by atoms with E-state index in [0.717, 1.165) is 12.5 Å². The molecule has 18 heavy (non-hydrogen) atoms. The fourth-order valence-corrected chi connectivity index (χ4v) is 3.49. The molecule has 0 aromatic heterocycles. The van der Waals surface area contributed by atoms with Gasteiger partial charge < -0.3 is 4.90 Å². The Hall–Kier alpha value is -0.590. The Morgan fingerprint density at radius 1 is 1.28 bits per heavy atom. The number of rotatable bonds is 6. The molecule has 0 aromatic carbocycles. The highest BCUT2D eigenvalue weighted by Gasteiger charge is 2.46. The van der Waals surface area contributed by atoms with Gasteiger partial charge in [0, 0.05) is 12.1 Å². The van der Waals surface area contributed by atoms with Crippen molar-refractivity contribution in [2.45, 2.75) is 69.0 Å². The van der Waals surface area contributed by atoms with Crippen molar-refractivity contribution < 1.29 is 0 Å². The van der Waals surface area contributed by atoms with Gasteiger partial charge in [0.1, 0.15) is 5.54 Å². The van der Waals surface area contributed by atoms with Gasteiger partial charge in [0.15, 0.2) is 0 Å². The number of nitrogens with one attached hydrogen (secondary N) is 1. The quantitative estimate of drug-likeness (QED) is 0.782. The van der Waals surface area contributed by atoms with Crippen LogP contribution < -0.4 is 5.32 Å². The van der Waals surface area contributed by atoms with E-state index in [9.17, 15) is 5.26 Å². The lowest BCUT2D eigenvalue weighted by atomic mass is 9.85. The van der Waals surface area contributed by atoms with E-state index in [1.807, 2.05) is 0 Å². The van der Waals surface area contributed by atoms with Gasteiger partial charge in [-0.3, -0.25) is 5.32 Å². The molecule has 0 radical (unpaired) electrons. The van der Waals surface area contributed by atoms with Crippen molar-refractivity contribution in [2.24, 2.45) is 5.92 Å². The molecular weight excluding hydrogens is 222 g/mol. The Balaban J connectivity index is 1.56. The van der Waals surface area contributed by atoms with E-state index in [1.54, 1.807) is 0 Å². The Morgan fingerprint density at radius 3 is 2.67 bits per heavy atom. The van der Waals surface area contributed by atoms with Gasteiger partial charge in [-0.1, -0.05) is 6.42 Å². The molecule has 3 fully saturated rings. The van der Waals surface area contributed by atoms with E-state index in [1.165, 1.54) is 51.5 Å². The summed E-state index contributed by atoms with van der Waals surface area (Å²) in [5.74, 6) is 0.573. The first kappa shape index (κ1) is 12.4. The molecule has 3 aliphatic carbocycles. The second-order valence-electron chi connectivity index (χ2n) is 6.59. The zero-order valence-corrected chi connectivity index (χ0v) is 11.5. The smallest absolute Gasteiger partial charge is 0.109 e. The van der Waals surface area contributed by atoms with Gasteiger partial charge in [0.25, 0.3) is 0 Å². The van der Waals surface area contributed by atoms with Crippen LogP contribution in [0.15, 0.2) is 0 Å². The highest BCUT2D eigenvalue weighted by atomic mass is 15.2. The SMILES string of the molecule is CN(CCC1CCCC1(C#N)NC1CC1)C1CC1. The molecule has 0 heterocycles. The summed E-state index contributed by atoms with van der Waals surface area (Å²) in [6, 6.07) is 4.13. The normalized spacial score (nSPS) is 35.9. The van der Waals surface area contributed by atoms with Crippen LogP contribution in [0.25, 0.3) is 0 Å². The van der Waals surface area contributed by atoms with Crippen LogP contribution in [0.4, 0.5) is 0 Å². The Kier molecular flexibility index (Phi) is 3.34. The van der Waals surface area contributed by atoms with Crippen LogP contribution in [0.3, 0.4) is 0 Å². The minimum atomic E-state index is -0.189. The van der Waals surface area contributed by atoms with Gasteiger partial charge in [0.2, 0.25) is 0 Å². The molecule has 3 rings (SSSR count). The van der Waals surface area contributed by atoms with Crippen molar-refractivity contribution in [1.82, 2.24) is 10.2 Å². The molecule has 2 unspecified atom stereocenters. The van der Waals surface area contributed by atoms with Crippen molar-refractivity contribution in [3.05, 3.63) is 0 Å². The number of hydrogen-bond acceptors (Lipinski definition) is 3. The summed E-state index contributed by atoms with van der Waals surface area (Å²) in [5.41, 5.74) is -0.189. The molecule has 3 aliphatic rings. The standard InChI is InChI=1S/C15H25N3/c1-18(14-6-7-14)10-8-12-3-2-9-15(12,11-16)17-13-4-5-13/h12-14,17H,2-10H2,1H3. The first-order valence-electron chi connectivity index (χ1n) is 7.63. The van der Waals surface area contributed by atoms with Crippen LogP contribution >= 0.6 is 0 Å². The molecule has 1 N–H and O–H groups in total. The summed E-state index contributed by atoms with van der Waals surface area (Å²) in [6.07, 6.45) is 10.0. The van der Waals surface area contributed by atoms with Crippen molar-refractivity contribution in [3.8, 4) is 6.07 Å². The molecule has 0 saturated heterocycles. The molecule has 0 amide bonds. The van der Waals surface area contributed by atoms with Crippen molar-refractivity contribution >= 4 is 0 Å². The highest BCUT2D eigenvalue weighted by Crippen LogP contribution is 2.40. The summed E-state index contributed by atoms with van der Waals surface area (Å²) in [4.78, 5) is 2.50. The zero-order valence-electron chi connectivity index (χ0n) is 11.5. The Labute approximate surface area is 111 Å². The van der Waals surface area contributed by atoms with Gasteiger partial charge in [-0.25, -0.2) is 0 Å². The van der Waals surface area contributed by atoms with Crippen molar-refractivity contribution in [3.63, 3.8) is 0 Å². The van der Waals surface area contributed by atoms with Crippen LogP contribution in [0, 0.1) is 17.2 Å². The van der Waals surface area contributed by atoms with E-state index < -0.39 is 0 Å². The fraction of sp³-hybridized carbons (Fsp3) is 0.933. The summed E-state index contributed by atoms with van der Waals surface area (Å²) in [7, 11) is 2.25. The summed E-state index contributed by atoms with van der Waals surface area (Å²) < 4.78 is 0. The van der Waals surface area contributed by atoms with E-state index in [4.69, 9.17) is 0 Å². The number of nitriles is 1. The summed E-state index contributed by atoms with van der Waals surface area (Å²) in [6.45, 7) is 1.17. The molecule has 2 atom stereocenters. The van der Waals surface area contributed by atoms with Crippen LogP contribution in [0.1, 0.15) is 51.4 Å². The van der Waals surface area contributed by atoms with E-state index in [-0.39, 0.29) is 5.54 Å². The monoisotopic (exact) mass is 247 g/mol. The van der Waals surface area contributed by atoms with Gasteiger partial charge in [-0.15, -0.1) is 0 Å². The molecule has 0 aliphatic heterocycles. The molecule has 100 valence electrons.